The Morgan fingerprint density at radius 2 is 0.572 bits per heavy atom. The summed E-state index contributed by atoms with van der Waals surface area (Å²) in [4.78, 5) is 101. The number of imidazole rings is 1. The second-order valence-electron chi connectivity index (χ2n) is 38.7. The fourth-order valence-electron chi connectivity index (χ4n) is 21.2. The number of amides is 3. The van der Waals surface area contributed by atoms with Gasteiger partial charge in [-0.05, 0) is 197 Å². The number of pyridine rings is 12. The van der Waals surface area contributed by atoms with Gasteiger partial charge in [0.2, 0.25) is 17.7 Å². The molecule has 0 radical (unpaired) electrons. The molecule has 0 aromatic carbocycles. The number of nitrogens with zero attached hydrogens (tertiary/aromatic N) is 25. The summed E-state index contributed by atoms with van der Waals surface area (Å²) < 4.78 is 9.40. The van der Waals surface area contributed by atoms with Crippen molar-refractivity contribution in [1.29, 1.82) is 0 Å². The van der Waals surface area contributed by atoms with Gasteiger partial charge in [0, 0.05) is 271 Å². The summed E-state index contributed by atoms with van der Waals surface area (Å²) in [7, 11) is 5.43. The molecule has 40 nitrogen and oxygen atoms in total. The number of aliphatic hydroxyl groups excluding tert-OH is 4. The summed E-state index contributed by atoms with van der Waals surface area (Å²) in [5.41, 5.74) is 47.4. The predicted molar refractivity (Wildman–Crippen MR) is 550 cm³/mol. The van der Waals surface area contributed by atoms with Crippen molar-refractivity contribution in [2.45, 2.75) is 188 Å². The minimum Gasteiger partial charge on any atom is -0.388 e. The third-order valence-corrected chi connectivity index (χ3v) is 29.3. The quantitative estimate of drug-likeness (QED) is 0.0540. The van der Waals surface area contributed by atoms with Crippen molar-refractivity contribution in [3.05, 3.63) is 231 Å². The molecule has 40 heteroatoms. The molecular formula is C105H111N33O7. The number of nitrogens with one attached hydrogen (secondary N) is 4. The van der Waals surface area contributed by atoms with Crippen LogP contribution in [0.15, 0.2) is 135 Å². The molecule has 21 heterocycles. The third kappa shape index (κ3) is 18.5. The molecule has 0 fully saturated rings. The number of aliphatic hydroxyl groups is 4. The Morgan fingerprint density at radius 1 is 0.310 bits per heavy atom. The molecule has 145 heavy (non-hydrogen) atoms. The monoisotopic (exact) mass is 1950 g/mol. The Bertz CT molecular complexity index is 7520. The summed E-state index contributed by atoms with van der Waals surface area (Å²) >= 11 is 0. The van der Waals surface area contributed by atoms with E-state index in [0.29, 0.717) is 107 Å². The van der Waals surface area contributed by atoms with E-state index in [2.05, 4.69) is 112 Å². The first kappa shape index (κ1) is 93.5. The SMILES string of the molecule is Cc1c(-c2cc3cc(Nc4cc5n(n4)CC(=O)N(C)CC5)ncc3c(N)n2)cnc2c1C(O)CCC2.Cc1c(-c2cc3cc(Nc4cc5n(n4)CC(=O)N(C)CC5)ncc3c(N)n2)cnc2c1[C@@H](O)CCC2.Cc1c(-c2cc3cc(Nc4cc5n(n4)CC(=O)N(C)CC5)ncc3c(N)n2)cnc2c1[C@H](O)CCC2.Cc1c(-c2cc3cc(Nc4cc5n(n4)Cc4nccn4CC5)ncc3c(N)n2)cnc2c1C(O)CCC2. The molecule has 2 unspecified atom stereocenters. The van der Waals surface area contributed by atoms with Crippen molar-refractivity contribution in [3.63, 3.8) is 0 Å². The van der Waals surface area contributed by atoms with E-state index < -0.39 is 24.4 Å². The summed E-state index contributed by atoms with van der Waals surface area (Å²) in [6, 6.07) is 23.6. The number of likely N-dealkylation sites (N-methyl/N-ethyl adjacent to an activating group) is 3. The largest absolute Gasteiger partial charge is 0.388 e. The molecule has 0 spiro atoms. The van der Waals surface area contributed by atoms with Crippen molar-refractivity contribution < 1.29 is 34.8 Å². The standard InChI is InChI=1S/C27H27N9O.3C26H28N8O2/c1-15-18(12-30-20-3-2-4-22(37)26(15)20)21-9-16-10-23(31-13-19(16)27(28)32-21)33-24-11-17-5-7-35-8-6-29-25(35)14-36(17)34-24;3*1-14-17(11-28-19-4-3-5-21(35)25(14)19)20-8-15-9-22(29-12-18(15)26(27)30-20)31-23-10-16-6-7-33(2)24(36)13-34(16)32-23/h6,8-13,22,37H,2-5,7,14H2,1H3,(H2,28,32)(H,31,33,34);3*8-12,21,35H,3-7,13H2,1-2H3,(H2,27,30)(H,29,31,32)/t;2*21-;/m.10./s1. The van der Waals surface area contributed by atoms with E-state index in [-0.39, 0.29) is 37.4 Å². The second-order valence-corrected chi connectivity index (χ2v) is 38.7. The van der Waals surface area contributed by atoms with Gasteiger partial charge in [-0.2, -0.15) is 20.4 Å². The smallest absolute Gasteiger partial charge is 0.244 e. The minimum atomic E-state index is -0.500. The highest BCUT2D eigenvalue weighted by atomic mass is 16.3. The molecule has 8 aliphatic rings. The number of aryl methyl sites for hydroxylation is 6. The lowest BCUT2D eigenvalue weighted by Gasteiger charge is -2.24. The molecule has 4 aliphatic heterocycles. The number of rotatable bonds is 12. The van der Waals surface area contributed by atoms with Gasteiger partial charge in [0.15, 0.2) is 23.3 Å². The Balaban J connectivity index is 0.000000110. The number of nitrogens with two attached hydrogens (primary N) is 4. The molecule has 0 bridgehead atoms. The highest BCUT2D eigenvalue weighted by Crippen LogP contribution is 2.44. The van der Waals surface area contributed by atoms with Crippen LogP contribution in [0.3, 0.4) is 0 Å². The van der Waals surface area contributed by atoms with E-state index in [9.17, 15) is 34.8 Å². The van der Waals surface area contributed by atoms with Gasteiger partial charge < -0.3 is 83.9 Å². The number of hydrogen-bond donors (Lipinski definition) is 12. The van der Waals surface area contributed by atoms with Gasteiger partial charge in [-0.15, -0.1) is 0 Å². The van der Waals surface area contributed by atoms with Gasteiger partial charge >= 0.3 is 0 Å². The van der Waals surface area contributed by atoms with Crippen molar-refractivity contribution in [2.75, 3.05) is 85.0 Å². The summed E-state index contributed by atoms with van der Waals surface area (Å²) in [5, 5.41) is 80.6. The molecule has 0 saturated carbocycles. The Hall–Kier alpha value is -16.5. The van der Waals surface area contributed by atoms with Crippen LogP contribution in [0.5, 0.6) is 0 Å². The topological polar surface area (TPSA) is 538 Å². The highest BCUT2D eigenvalue weighted by molar-refractivity contribution is 5.99. The minimum absolute atomic E-state index is 0.0437. The Labute approximate surface area is 832 Å². The maximum atomic E-state index is 12.2. The zero-order valence-electron chi connectivity index (χ0n) is 81.5. The molecule has 3 amide bonds. The van der Waals surface area contributed by atoms with Crippen LogP contribution in [0.1, 0.15) is 172 Å². The van der Waals surface area contributed by atoms with Crippen LogP contribution in [-0.2, 0) is 98.5 Å². The number of hydrogen-bond acceptors (Lipinski definition) is 32. The van der Waals surface area contributed by atoms with Crippen molar-refractivity contribution >= 4 is 131 Å². The van der Waals surface area contributed by atoms with E-state index in [1.807, 2.05) is 157 Å². The maximum Gasteiger partial charge on any atom is 0.244 e. The van der Waals surface area contributed by atoms with Crippen molar-refractivity contribution in [1.82, 2.24) is 123 Å². The van der Waals surface area contributed by atoms with E-state index in [1.165, 1.54) is 0 Å². The van der Waals surface area contributed by atoms with E-state index >= 15 is 0 Å². The van der Waals surface area contributed by atoms with Gasteiger partial charge in [0.05, 0.1) is 53.7 Å². The first-order valence-electron chi connectivity index (χ1n) is 49.1. The van der Waals surface area contributed by atoms with Crippen LogP contribution >= 0.6 is 0 Å². The van der Waals surface area contributed by atoms with Crippen LogP contribution in [0.2, 0.25) is 0 Å². The molecule has 17 aromatic rings. The second kappa shape index (κ2) is 38.4. The zero-order chi connectivity index (χ0) is 100. The lowest BCUT2D eigenvalue weighted by Crippen LogP contribution is -2.29. The molecule has 25 rings (SSSR count). The van der Waals surface area contributed by atoms with E-state index in [1.54, 1.807) is 53.5 Å². The molecule has 16 N–H and O–H groups in total. The molecule has 0 saturated heterocycles. The fourth-order valence-corrected chi connectivity index (χ4v) is 21.2. The highest BCUT2D eigenvalue weighted by Gasteiger charge is 2.33. The molecule has 738 valence electrons. The predicted octanol–water partition coefficient (Wildman–Crippen LogP) is 12.4. The van der Waals surface area contributed by atoms with E-state index in [4.69, 9.17) is 28.0 Å². The average molecular weight is 1950 g/mol. The summed E-state index contributed by atoms with van der Waals surface area (Å²) in [6.07, 6.45) is 29.5. The molecular weight excluding hydrogens is 1840 g/mol. The Morgan fingerprint density at radius 3 is 0.848 bits per heavy atom. The third-order valence-electron chi connectivity index (χ3n) is 29.3. The lowest BCUT2D eigenvalue weighted by atomic mass is 9.88. The first-order valence-corrected chi connectivity index (χ1v) is 49.1. The van der Waals surface area contributed by atoms with Crippen molar-refractivity contribution in [3.8, 4) is 45.0 Å². The zero-order valence-corrected chi connectivity index (χ0v) is 81.5. The number of carbonyl (C=O) groups is 3. The number of fused-ring (bicyclic) bond motifs is 13. The molecule has 4 atom stereocenters. The van der Waals surface area contributed by atoms with Gasteiger partial charge in [0.25, 0.3) is 0 Å². The first-order chi connectivity index (χ1) is 70.1. The number of nitrogen functional groups attached to an aromatic ring is 4. The number of anilines is 12. The van der Waals surface area contributed by atoms with Crippen LogP contribution < -0.4 is 44.2 Å². The van der Waals surface area contributed by atoms with Gasteiger partial charge in [-0.25, -0.2) is 44.9 Å². The summed E-state index contributed by atoms with van der Waals surface area (Å²) in [5.74, 6) is 7.89. The average Bonchev–Trinajstić information content (AvgIpc) is 1.74. The maximum absolute atomic E-state index is 12.2. The molecule has 17 aromatic heterocycles. The lowest BCUT2D eigenvalue weighted by molar-refractivity contribution is -0.131. The van der Waals surface area contributed by atoms with Crippen LogP contribution in [-0.4, -0.2) is 202 Å². The van der Waals surface area contributed by atoms with Crippen LogP contribution in [0, 0.1) is 27.7 Å². The fraction of sp³-hybridized carbons (Fsp3) is 0.333. The number of aromatic nitrogens is 22. The van der Waals surface area contributed by atoms with Gasteiger partial charge in [-0.1, -0.05) is 0 Å². The number of carbonyl (C=O) groups excluding carboxylic acids is 3. The summed E-state index contributed by atoms with van der Waals surface area (Å²) in [6.45, 7) is 12.3. The van der Waals surface area contributed by atoms with Crippen molar-refractivity contribution in [2.24, 2.45) is 0 Å². The Kier molecular flexibility index (Phi) is 24.8. The van der Waals surface area contributed by atoms with E-state index in [0.717, 1.165) is 282 Å². The van der Waals surface area contributed by atoms with Crippen LogP contribution in [0.4, 0.5) is 69.8 Å². The van der Waals surface area contributed by atoms with Gasteiger partial charge in [0.1, 0.15) is 72.0 Å². The van der Waals surface area contributed by atoms with Crippen LogP contribution in [0.25, 0.3) is 88.1 Å². The normalized spacial score (nSPS) is 17.3. The van der Waals surface area contributed by atoms with Gasteiger partial charge in [-0.3, -0.25) is 53.0 Å². The molecule has 4 aliphatic carbocycles.